The molecule has 8 nitrogen and oxygen atoms in total. The Bertz CT molecular complexity index is 774. The van der Waals surface area contributed by atoms with Gasteiger partial charge < -0.3 is 29.8 Å². The van der Waals surface area contributed by atoms with Crippen LogP contribution in [0.15, 0.2) is 46.0 Å². The number of nitrogens with one attached hydrogen (secondary N) is 3. The van der Waals surface area contributed by atoms with Gasteiger partial charge >= 0.3 is 0 Å². The Hall–Kier alpha value is -3.16. The molecule has 2 aromatic rings. The van der Waals surface area contributed by atoms with Gasteiger partial charge in [0.2, 0.25) is 0 Å². The van der Waals surface area contributed by atoms with Crippen LogP contribution >= 0.6 is 0 Å². The number of guanidine groups is 1. The number of aliphatic imine (C=N–C) groups is 1. The SMILES string of the molecule is CCNC(=NCCNC(=O)c1ccco1)Nc1ccc2c(c1)OCCCO2. The topological polar surface area (TPSA) is 97.1 Å². The molecule has 1 aromatic carbocycles. The Balaban J connectivity index is 1.56. The summed E-state index contributed by atoms with van der Waals surface area (Å²) in [5, 5.41) is 9.18. The molecule has 1 aliphatic rings. The lowest BCUT2D eigenvalue weighted by molar-refractivity contribution is 0.0927. The first-order valence-electron chi connectivity index (χ1n) is 9.03. The number of furan rings is 1. The van der Waals surface area contributed by atoms with Gasteiger partial charge in [-0.3, -0.25) is 9.79 Å². The standard InChI is InChI=1S/C19H24N4O4/c1-2-20-19(22-9-8-21-18(24)16-5-3-10-26-16)23-14-6-7-15-17(13-14)27-12-4-11-25-15/h3,5-7,10,13H,2,4,8-9,11-12H2,1H3,(H,21,24)(H2,20,22,23). The van der Waals surface area contributed by atoms with Crippen LogP contribution in [0.2, 0.25) is 0 Å². The predicted molar refractivity (Wildman–Crippen MR) is 103 cm³/mol. The van der Waals surface area contributed by atoms with E-state index in [2.05, 4.69) is 20.9 Å². The van der Waals surface area contributed by atoms with Crippen LogP contribution in [0.1, 0.15) is 23.9 Å². The molecular weight excluding hydrogens is 348 g/mol. The summed E-state index contributed by atoms with van der Waals surface area (Å²) in [6, 6.07) is 8.99. The number of nitrogens with zero attached hydrogens (tertiary/aromatic N) is 1. The first kappa shape index (κ1) is 18.6. The monoisotopic (exact) mass is 372 g/mol. The highest BCUT2D eigenvalue weighted by molar-refractivity contribution is 5.94. The lowest BCUT2D eigenvalue weighted by Gasteiger charge is -2.13. The molecule has 3 N–H and O–H groups in total. The number of fused-ring (bicyclic) bond motifs is 1. The van der Waals surface area contributed by atoms with Crippen LogP contribution in [0.5, 0.6) is 11.5 Å². The predicted octanol–water partition coefficient (Wildman–Crippen LogP) is 2.25. The summed E-state index contributed by atoms with van der Waals surface area (Å²) in [6.07, 6.45) is 2.33. The van der Waals surface area contributed by atoms with E-state index in [-0.39, 0.29) is 11.7 Å². The first-order valence-corrected chi connectivity index (χ1v) is 9.03. The van der Waals surface area contributed by atoms with Gasteiger partial charge in [0.05, 0.1) is 26.0 Å². The van der Waals surface area contributed by atoms with E-state index in [9.17, 15) is 4.79 Å². The minimum Gasteiger partial charge on any atom is -0.490 e. The van der Waals surface area contributed by atoms with Crippen molar-refractivity contribution in [2.24, 2.45) is 4.99 Å². The third kappa shape index (κ3) is 5.40. The second-order valence-electron chi connectivity index (χ2n) is 5.83. The van der Waals surface area contributed by atoms with E-state index in [1.165, 1.54) is 6.26 Å². The Morgan fingerprint density at radius 3 is 2.78 bits per heavy atom. The summed E-state index contributed by atoms with van der Waals surface area (Å²) < 4.78 is 16.4. The van der Waals surface area contributed by atoms with E-state index < -0.39 is 0 Å². The van der Waals surface area contributed by atoms with Crippen LogP contribution < -0.4 is 25.4 Å². The molecule has 1 aliphatic heterocycles. The maximum absolute atomic E-state index is 11.8. The smallest absolute Gasteiger partial charge is 0.287 e. The molecule has 0 fully saturated rings. The number of anilines is 1. The molecule has 2 heterocycles. The molecule has 0 radical (unpaired) electrons. The van der Waals surface area contributed by atoms with Crippen LogP contribution in [0.4, 0.5) is 5.69 Å². The normalized spacial score (nSPS) is 13.6. The van der Waals surface area contributed by atoms with Crippen molar-refractivity contribution in [3.8, 4) is 11.5 Å². The highest BCUT2D eigenvalue weighted by Crippen LogP contribution is 2.32. The van der Waals surface area contributed by atoms with Gasteiger partial charge in [0.1, 0.15) is 0 Å². The van der Waals surface area contributed by atoms with Crippen molar-refractivity contribution in [3.63, 3.8) is 0 Å². The van der Waals surface area contributed by atoms with Crippen molar-refractivity contribution < 1.29 is 18.7 Å². The van der Waals surface area contributed by atoms with Crippen LogP contribution in [0.3, 0.4) is 0 Å². The van der Waals surface area contributed by atoms with Gasteiger partial charge in [-0.2, -0.15) is 0 Å². The second kappa shape index (κ2) is 9.51. The fourth-order valence-corrected chi connectivity index (χ4v) is 2.52. The molecule has 0 spiro atoms. The summed E-state index contributed by atoms with van der Waals surface area (Å²) in [6.45, 7) is 4.83. The van der Waals surface area contributed by atoms with Gasteiger partial charge in [-0.1, -0.05) is 0 Å². The quantitative estimate of drug-likeness (QED) is 0.409. The molecule has 0 unspecified atom stereocenters. The van der Waals surface area contributed by atoms with Crippen molar-refractivity contribution >= 4 is 17.6 Å². The highest BCUT2D eigenvalue weighted by Gasteiger charge is 2.11. The number of amides is 1. The van der Waals surface area contributed by atoms with Crippen molar-refractivity contribution in [2.45, 2.75) is 13.3 Å². The zero-order valence-corrected chi connectivity index (χ0v) is 15.3. The average molecular weight is 372 g/mol. The highest BCUT2D eigenvalue weighted by atomic mass is 16.5. The Morgan fingerprint density at radius 1 is 1.15 bits per heavy atom. The molecule has 1 amide bonds. The summed E-state index contributed by atoms with van der Waals surface area (Å²) in [7, 11) is 0. The number of hydrogen-bond donors (Lipinski definition) is 3. The minimum absolute atomic E-state index is 0.254. The molecule has 0 aliphatic carbocycles. The summed E-state index contributed by atoms with van der Waals surface area (Å²) >= 11 is 0. The Kier molecular flexibility index (Phi) is 6.56. The van der Waals surface area contributed by atoms with Crippen LogP contribution in [-0.2, 0) is 0 Å². The molecule has 1 aromatic heterocycles. The number of ether oxygens (including phenoxy) is 2. The van der Waals surface area contributed by atoms with E-state index in [0.29, 0.717) is 32.3 Å². The fourth-order valence-electron chi connectivity index (χ4n) is 2.52. The minimum atomic E-state index is -0.254. The van der Waals surface area contributed by atoms with E-state index in [0.717, 1.165) is 30.2 Å². The zero-order chi connectivity index (χ0) is 18.9. The second-order valence-corrected chi connectivity index (χ2v) is 5.83. The van der Waals surface area contributed by atoms with Crippen LogP contribution in [-0.4, -0.2) is 44.7 Å². The molecule has 0 bridgehead atoms. The third-order valence-corrected chi connectivity index (χ3v) is 3.77. The molecular formula is C19H24N4O4. The van der Waals surface area contributed by atoms with Crippen molar-refractivity contribution in [2.75, 3.05) is 38.2 Å². The summed E-state index contributed by atoms with van der Waals surface area (Å²) in [4.78, 5) is 16.3. The van der Waals surface area contributed by atoms with E-state index in [4.69, 9.17) is 13.9 Å². The number of hydrogen-bond acceptors (Lipinski definition) is 5. The van der Waals surface area contributed by atoms with Crippen molar-refractivity contribution in [1.82, 2.24) is 10.6 Å². The maximum Gasteiger partial charge on any atom is 0.287 e. The molecule has 144 valence electrons. The molecule has 3 rings (SSSR count). The van der Waals surface area contributed by atoms with Crippen molar-refractivity contribution in [3.05, 3.63) is 42.4 Å². The molecule has 0 atom stereocenters. The summed E-state index contributed by atoms with van der Waals surface area (Å²) in [5.41, 5.74) is 0.846. The molecule has 0 saturated heterocycles. The third-order valence-electron chi connectivity index (χ3n) is 3.77. The van der Waals surface area contributed by atoms with E-state index in [1.54, 1.807) is 12.1 Å². The molecule has 8 heteroatoms. The van der Waals surface area contributed by atoms with Gasteiger partial charge in [0.15, 0.2) is 23.2 Å². The number of rotatable bonds is 6. The zero-order valence-electron chi connectivity index (χ0n) is 15.3. The van der Waals surface area contributed by atoms with Crippen LogP contribution in [0.25, 0.3) is 0 Å². The van der Waals surface area contributed by atoms with Gasteiger partial charge in [0.25, 0.3) is 5.91 Å². The maximum atomic E-state index is 11.8. The lowest BCUT2D eigenvalue weighted by atomic mass is 10.3. The van der Waals surface area contributed by atoms with E-state index >= 15 is 0 Å². The lowest BCUT2D eigenvalue weighted by Crippen LogP contribution is -2.32. The van der Waals surface area contributed by atoms with Gasteiger partial charge in [-0.05, 0) is 31.2 Å². The van der Waals surface area contributed by atoms with Gasteiger partial charge in [0, 0.05) is 31.3 Å². The summed E-state index contributed by atoms with van der Waals surface area (Å²) in [5.74, 6) is 2.13. The van der Waals surface area contributed by atoms with Crippen LogP contribution in [0, 0.1) is 0 Å². The fraction of sp³-hybridized carbons (Fsp3) is 0.368. The Morgan fingerprint density at radius 2 is 2.00 bits per heavy atom. The van der Waals surface area contributed by atoms with Gasteiger partial charge in [-0.25, -0.2) is 0 Å². The number of benzene rings is 1. The van der Waals surface area contributed by atoms with Crippen molar-refractivity contribution in [1.29, 1.82) is 0 Å². The number of carbonyl (C=O) groups is 1. The first-order chi connectivity index (χ1) is 13.3. The number of carbonyl (C=O) groups excluding carboxylic acids is 1. The molecule has 0 saturated carbocycles. The Labute approximate surface area is 157 Å². The van der Waals surface area contributed by atoms with E-state index in [1.807, 2.05) is 25.1 Å². The largest absolute Gasteiger partial charge is 0.490 e. The van der Waals surface area contributed by atoms with Gasteiger partial charge in [-0.15, -0.1) is 0 Å². The average Bonchev–Trinajstić information content (AvgIpc) is 3.11. The molecule has 27 heavy (non-hydrogen) atoms.